The lowest BCUT2D eigenvalue weighted by Gasteiger charge is -2.34. The summed E-state index contributed by atoms with van der Waals surface area (Å²) in [7, 11) is 0. The molecule has 0 bridgehead atoms. The van der Waals surface area contributed by atoms with E-state index in [1.165, 1.54) is 11.8 Å². The molecule has 1 aliphatic rings. The summed E-state index contributed by atoms with van der Waals surface area (Å²) < 4.78 is 2.04. The minimum absolute atomic E-state index is 0.0785. The second kappa shape index (κ2) is 7.47. The molecule has 0 unspecified atom stereocenters. The molecule has 0 N–H and O–H groups in total. The lowest BCUT2D eigenvalue weighted by molar-refractivity contribution is 0.0623. The lowest BCUT2D eigenvalue weighted by Crippen LogP contribution is -2.48. The van der Waals surface area contributed by atoms with Crippen LogP contribution >= 0.6 is 11.8 Å². The van der Waals surface area contributed by atoms with Crippen molar-refractivity contribution in [2.45, 2.75) is 11.6 Å². The second-order valence-corrected chi connectivity index (χ2v) is 7.12. The van der Waals surface area contributed by atoms with E-state index in [9.17, 15) is 4.79 Å². The van der Waals surface area contributed by atoms with Gasteiger partial charge in [0.1, 0.15) is 10.7 Å². The Morgan fingerprint density at radius 1 is 1.15 bits per heavy atom. The van der Waals surface area contributed by atoms with Gasteiger partial charge in [-0.25, -0.2) is 9.97 Å². The van der Waals surface area contributed by atoms with Crippen molar-refractivity contribution >= 4 is 23.3 Å². The number of carbonyl (C=O) groups is 1. The van der Waals surface area contributed by atoms with Gasteiger partial charge in [0.2, 0.25) is 0 Å². The Balaban J connectivity index is 1.38. The topological polar surface area (TPSA) is 53.7 Å². The largest absolute Gasteiger partial charge is 0.336 e. The van der Waals surface area contributed by atoms with E-state index < -0.39 is 0 Å². The third kappa shape index (κ3) is 3.45. The summed E-state index contributed by atoms with van der Waals surface area (Å²) in [5.74, 6) is 0.0785. The number of pyridine rings is 2. The van der Waals surface area contributed by atoms with Crippen LogP contribution in [0.3, 0.4) is 0 Å². The van der Waals surface area contributed by atoms with Crippen molar-refractivity contribution in [2.75, 3.05) is 32.4 Å². The Morgan fingerprint density at radius 3 is 2.77 bits per heavy atom. The molecule has 3 aromatic heterocycles. The van der Waals surface area contributed by atoms with Gasteiger partial charge in [-0.1, -0.05) is 6.07 Å². The molecule has 7 heteroatoms. The van der Waals surface area contributed by atoms with E-state index in [1.807, 2.05) is 52.1 Å². The fraction of sp³-hybridized carbons (Fsp3) is 0.316. The fourth-order valence-corrected chi connectivity index (χ4v) is 3.83. The van der Waals surface area contributed by atoms with E-state index in [-0.39, 0.29) is 5.91 Å². The third-order valence-corrected chi connectivity index (χ3v) is 5.37. The molecule has 1 fully saturated rings. The molecule has 0 aromatic carbocycles. The zero-order valence-corrected chi connectivity index (χ0v) is 15.5. The number of piperazine rings is 1. The molecule has 4 rings (SSSR count). The van der Waals surface area contributed by atoms with E-state index in [4.69, 9.17) is 0 Å². The first-order valence-corrected chi connectivity index (χ1v) is 9.90. The van der Waals surface area contributed by atoms with Crippen LogP contribution in [-0.4, -0.2) is 62.5 Å². The predicted octanol–water partition coefficient (Wildman–Crippen LogP) is 2.41. The molecule has 4 heterocycles. The number of thioether (sulfide) groups is 1. The van der Waals surface area contributed by atoms with Crippen LogP contribution in [0.4, 0.5) is 0 Å². The van der Waals surface area contributed by atoms with Gasteiger partial charge in [0.15, 0.2) is 0 Å². The van der Waals surface area contributed by atoms with Crippen LogP contribution in [0.1, 0.15) is 16.1 Å². The van der Waals surface area contributed by atoms with Gasteiger partial charge in [-0.3, -0.25) is 9.69 Å². The average Bonchev–Trinajstić information content (AvgIpc) is 3.10. The minimum atomic E-state index is 0.0785. The summed E-state index contributed by atoms with van der Waals surface area (Å²) in [6.07, 6.45) is 7.77. The van der Waals surface area contributed by atoms with Crippen LogP contribution in [0.2, 0.25) is 0 Å². The van der Waals surface area contributed by atoms with E-state index in [0.29, 0.717) is 5.56 Å². The first kappa shape index (κ1) is 17.1. The number of amides is 1. The molecule has 1 saturated heterocycles. The van der Waals surface area contributed by atoms with Gasteiger partial charge >= 0.3 is 0 Å². The highest BCUT2D eigenvalue weighted by molar-refractivity contribution is 7.98. The van der Waals surface area contributed by atoms with Gasteiger partial charge in [-0.15, -0.1) is 11.8 Å². The van der Waals surface area contributed by atoms with Gasteiger partial charge in [-0.2, -0.15) is 0 Å². The molecule has 0 atom stereocenters. The maximum Gasteiger partial charge on any atom is 0.256 e. The summed E-state index contributed by atoms with van der Waals surface area (Å²) in [6.45, 7) is 3.99. The quantitative estimate of drug-likeness (QED) is 0.663. The number of aromatic nitrogens is 3. The van der Waals surface area contributed by atoms with E-state index in [1.54, 1.807) is 6.20 Å². The number of imidazole rings is 1. The first-order chi connectivity index (χ1) is 12.7. The van der Waals surface area contributed by atoms with Crippen molar-refractivity contribution in [3.63, 3.8) is 0 Å². The molecular formula is C19H21N5OS. The van der Waals surface area contributed by atoms with Crippen molar-refractivity contribution in [1.29, 1.82) is 0 Å². The minimum Gasteiger partial charge on any atom is -0.336 e. The number of hydrogen-bond acceptors (Lipinski definition) is 5. The molecule has 1 aliphatic heterocycles. The highest BCUT2D eigenvalue weighted by Crippen LogP contribution is 2.19. The van der Waals surface area contributed by atoms with E-state index in [0.717, 1.165) is 49.1 Å². The van der Waals surface area contributed by atoms with Crippen molar-refractivity contribution in [1.82, 2.24) is 24.2 Å². The average molecular weight is 367 g/mol. The Morgan fingerprint density at radius 2 is 2.00 bits per heavy atom. The summed E-state index contributed by atoms with van der Waals surface area (Å²) in [4.78, 5) is 26.0. The Labute approximate surface area is 156 Å². The molecule has 134 valence electrons. The van der Waals surface area contributed by atoms with Crippen molar-refractivity contribution in [3.8, 4) is 0 Å². The van der Waals surface area contributed by atoms with Crippen molar-refractivity contribution in [2.24, 2.45) is 0 Å². The molecule has 0 aliphatic carbocycles. The Kier molecular flexibility index (Phi) is 4.90. The fourth-order valence-electron chi connectivity index (χ4n) is 3.29. The van der Waals surface area contributed by atoms with Crippen LogP contribution < -0.4 is 0 Å². The molecule has 6 nitrogen and oxygen atoms in total. The molecule has 1 amide bonds. The number of fused-ring (bicyclic) bond motifs is 1. The third-order valence-electron chi connectivity index (χ3n) is 4.65. The van der Waals surface area contributed by atoms with Crippen molar-refractivity contribution in [3.05, 3.63) is 60.2 Å². The van der Waals surface area contributed by atoms with Crippen LogP contribution in [-0.2, 0) is 6.54 Å². The number of hydrogen-bond donors (Lipinski definition) is 0. The van der Waals surface area contributed by atoms with E-state index in [2.05, 4.69) is 21.1 Å². The number of carbonyl (C=O) groups excluding carboxylic acids is 1. The lowest BCUT2D eigenvalue weighted by atomic mass is 10.2. The van der Waals surface area contributed by atoms with Gasteiger partial charge in [-0.05, 0) is 30.5 Å². The number of nitrogens with zero attached hydrogens (tertiary/aromatic N) is 5. The van der Waals surface area contributed by atoms with Gasteiger partial charge in [0, 0.05) is 51.3 Å². The molecule has 3 aromatic rings. The Bertz CT molecular complexity index is 884. The highest BCUT2D eigenvalue weighted by atomic mass is 32.2. The first-order valence-electron chi connectivity index (χ1n) is 8.68. The highest BCUT2D eigenvalue weighted by Gasteiger charge is 2.24. The van der Waals surface area contributed by atoms with Gasteiger partial charge < -0.3 is 9.30 Å². The molecule has 0 spiro atoms. The SMILES string of the molecule is CSc1ncccc1C(=O)N1CCN(Cc2cn3ccccc3n2)CC1. The molecule has 26 heavy (non-hydrogen) atoms. The summed E-state index contributed by atoms with van der Waals surface area (Å²) in [5, 5.41) is 0.796. The number of rotatable bonds is 4. The summed E-state index contributed by atoms with van der Waals surface area (Å²) in [6, 6.07) is 9.70. The maximum absolute atomic E-state index is 12.8. The zero-order chi connectivity index (χ0) is 17.9. The van der Waals surface area contributed by atoms with Gasteiger partial charge in [0.25, 0.3) is 5.91 Å². The van der Waals surface area contributed by atoms with Crippen LogP contribution in [0.25, 0.3) is 5.65 Å². The van der Waals surface area contributed by atoms with Crippen LogP contribution in [0, 0.1) is 0 Å². The molecule has 0 radical (unpaired) electrons. The molecule has 0 saturated carbocycles. The normalized spacial score (nSPS) is 15.5. The van der Waals surface area contributed by atoms with Gasteiger partial charge in [0.05, 0.1) is 11.3 Å². The second-order valence-electron chi connectivity index (χ2n) is 6.33. The smallest absolute Gasteiger partial charge is 0.256 e. The Hall–Kier alpha value is -2.38. The monoisotopic (exact) mass is 367 g/mol. The zero-order valence-electron chi connectivity index (χ0n) is 14.7. The van der Waals surface area contributed by atoms with Crippen LogP contribution in [0.5, 0.6) is 0 Å². The van der Waals surface area contributed by atoms with E-state index >= 15 is 0 Å². The standard InChI is InChI=1S/C19H21N5OS/c1-26-18-16(5-4-7-20-18)19(25)23-11-9-22(10-12-23)13-15-14-24-8-3-2-6-17(24)21-15/h2-8,14H,9-13H2,1H3. The van der Waals surface area contributed by atoms with Crippen LogP contribution in [0.15, 0.2) is 53.9 Å². The predicted molar refractivity (Wildman–Crippen MR) is 102 cm³/mol. The summed E-state index contributed by atoms with van der Waals surface area (Å²) >= 11 is 1.51. The molecular weight excluding hydrogens is 346 g/mol. The summed E-state index contributed by atoms with van der Waals surface area (Å²) in [5.41, 5.74) is 2.74. The maximum atomic E-state index is 12.8. The van der Waals surface area contributed by atoms with Crippen molar-refractivity contribution < 1.29 is 4.79 Å².